The van der Waals surface area contributed by atoms with Crippen LogP contribution in [0.3, 0.4) is 0 Å². The molecule has 1 N–H and O–H groups in total. The second-order valence-electron chi connectivity index (χ2n) is 6.40. The highest BCUT2D eigenvalue weighted by atomic mass is 19.4. The standard InChI is InChI=1S/C21H17F3N2O3/c1-13(27)7-8-14-9-10-16(29-21(22,23)24)12-17(14)20(28)26-18-6-2-4-15-5-3-11-25-19(15)18/h2-6,9-12H,7-8H2,1H3,(H,26,28). The van der Waals surface area contributed by atoms with E-state index in [-0.39, 0.29) is 24.2 Å². The summed E-state index contributed by atoms with van der Waals surface area (Å²) in [6.45, 7) is 1.41. The molecule has 0 atom stereocenters. The molecule has 0 aliphatic carbocycles. The molecule has 150 valence electrons. The minimum Gasteiger partial charge on any atom is -0.406 e. The number of alkyl halides is 3. The number of rotatable bonds is 6. The maximum Gasteiger partial charge on any atom is 0.573 e. The number of carbonyl (C=O) groups is 2. The number of amides is 1. The summed E-state index contributed by atoms with van der Waals surface area (Å²) in [5.74, 6) is -1.22. The molecule has 0 aliphatic rings. The average molecular weight is 402 g/mol. The number of hydrogen-bond acceptors (Lipinski definition) is 4. The Balaban J connectivity index is 1.95. The lowest BCUT2D eigenvalue weighted by molar-refractivity contribution is -0.274. The molecule has 0 radical (unpaired) electrons. The molecule has 0 spiro atoms. The first kappa shape index (κ1) is 20.3. The van der Waals surface area contributed by atoms with E-state index in [1.807, 2.05) is 12.1 Å². The van der Waals surface area contributed by atoms with E-state index in [9.17, 15) is 22.8 Å². The molecule has 3 rings (SSSR count). The Hall–Kier alpha value is -3.42. The van der Waals surface area contributed by atoms with Gasteiger partial charge >= 0.3 is 6.36 Å². The van der Waals surface area contributed by atoms with Crippen molar-refractivity contribution in [1.29, 1.82) is 0 Å². The second kappa shape index (κ2) is 8.30. The highest BCUT2D eigenvalue weighted by molar-refractivity contribution is 6.09. The van der Waals surface area contributed by atoms with Crippen LogP contribution in [0.25, 0.3) is 10.9 Å². The Morgan fingerprint density at radius 3 is 2.59 bits per heavy atom. The summed E-state index contributed by atoms with van der Waals surface area (Å²) in [6.07, 6.45) is -2.92. The number of halogens is 3. The molecule has 0 unspecified atom stereocenters. The Bertz CT molecular complexity index is 1060. The minimum absolute atomic E-state index is 0.000865. The number of aryl methyl sites for hydroxylation is 1. The fourth-order valence-corrected chi connectivity index (χ4v) is 2.89. The first-order valence-corrected chi connectivity index (χ1v) is 8.76. The van der Waals surface area contributed by atoms with Crippen molar-refractivity contribution in [3.8, 4) is 5.75 Å². The van der Waals surface area contributed by atoms with Gasteiger partial charge < -0.3 is 14.8 Å². The molecule has 1 heterocycles. The number of anilines is 1. The molecular formula is C21H17F3N2O3. The van der Waals surface area contributed by atoms with Gasteiger partial charge in [0.1, 0.15) is 11.5 Å². The number of nitrogens with one attached hydrogen (secondary N) is 1. The van der Waals surface area contributed by atoms with Crippen molar-refractivity contribution in [2.45, 2.75) is 26.1 Å². The number of nitrogens with zero attached hydrogens (tertiary/aromatic N) is 1. The van der Waals surface area contributed by atoms with Gasteiger partial charge in [-0.15, -0.1) is 13.2 Å². The van der Waals surface area contributed by atoms with Crippen molar-refractivity contribution in [2.24, 2.45) is 0 Å². The largest absolute Gasteiger partial charge is 0.573 e. The number of fused-ring (bicyclic) bond motifs is 1. The monoisotopic (exact) mass is 402 g/mol. The third-order valence-electron chi connectivity index (χ3n) is 4.19. The molecule has 0 aliphatic heterocycles. The van der Waals surface area contributed by atoms with Gasteiger partial charge in [-0.05, 0) is 43.2 Å². The zero-order valence-electron chi connectivity index (χ0n) is 15.4. The summed E-state index contributed by atoms with van der Waals surface area (Å²) in [4.78, 5) is 28.4. The van der Waals surface area contributed by atoms with Crippen LogP contribution in [0.4, 0.5) is 18.9 Å². The van der Waals surface area contributed by atoms with E-state index in [2.05, 4.69) is 15.0 Å². The van der Waals surface area contributed by atoms with Gasteiger partial charge in [-0.3, -0.25) is 9.78 Å². The number of aromatic nitrogens is 1. The molecule has 0 saturated carbocycles. The summed E-state index contributed by atoms with van der Waals surface area (Å²) < 4.78 is 41.7. The normalized spacial score (nSPS) is 11.3. The van der Waals surface area contributed by atoms with Gasteiger partial charge in [0.2, 0.25) is 0 Å². The summed E-state index contributed by atoms with van der Waals surface area (Å²) >= 11 is 0. The van der Waals surface area contributed by atoms with Crippen LogP contribution in [0.2, 0.25) is 0 Å². The van der Waals surface area contributed by atoms with Crippen LogP contribution in [0.1, 0.15) is 29.3 Å². The summed E-state index contributed by atoms with van der Waals surface area (Å²) in [5.41, 5.74) is 1.42. The number of pyridine rings is 1. The van der Waals surface area contributed by atoms with Crippen LogP contribution in [0.15, 0.2) is 54.7 Å². The van der Waals surface area contributed by atoms with Gasteiger partial charge in [-0.25, -0.2) is 0 Å². The zero-order chi connectivity index (χ0) is 21.0. The van der Waals surface area contributed by atoms with E-state index < -0.39 is 18.0 Å². The quantitative estimate of drug-likeness (QED) is 0.636. The van der Waals surface area contributed by atoms with Crippen molar-refractivity contribution in [3.05, 3.63) is 65.9 Å². The van der Waals surface area contributed by atoms with Crippen LogP contribution in [-0.2, 0) is 11.2 Å². The summed E-state index contributed by atoms with van der Waals surface area (Å²) in [6, 6.07) is 12.3. The predicted molar refractivity (Wildman–Crippen MR) is 102 cm³/mol. The van der Waals surface area contributed by atoms with Crippen LogP contribution in [0.5, 0.6) is 5.75 Å². The number of ether oxygens (including phenoxy) is 1. The number of Topliss-reactive ketones (excluding diaryl/α,β-unsaturated/α-hetero) is 1. The van der Waals surface area contributed by atoms with Crippen LogP contribution < -0.4 is 10.1 Å². The Morgan fingerprint density at radius 2 is 1.86 bits per heavy atom. The van der Waals surface area contributed by atoms with Crippen molar-refractivity contribution < 1.29 is 27.5 Å². The minimum atomic E-state index is -4.88. The SMILES string of the molecule is CC(=O)CCc1ccc(OC(F)(F)F)cc1C(=O)Nc1cccc2cccnc12. The van der Waals surface area contributed by atoms with Crippen LogP contribution in [0, 0.1) is 0 Å². The molecule has 0 saturated heterocycles. The van der Waals surface area contributed by atoms with E-state index in [1.54, 1.807) is 24.4 Å². The molecule has 2 aromatic carbocycles. The maximum atomic E-state index is 12.9. The topological polar surface area (TPSA) is 68.3 Å². The van der Waals surface area contributed by atoms with Gasteiger partial charge in [0, 0.05) is 23.6 Å². The van der Waals surface area contributed by atoms with Crippen LogP contribution >= 0.6 is 0 Å². The smallest absolute Gasteiger partial charge is 0.406 e. The number of para-hydroxylation sites is 1. The number of ketones is 1. The first-order valence-electron chi connectivity index (χ1n) is 8.76. The fraction of sp³-hybridized carbons (Fsp3) is 0.190. The Labute approximate surface area is 164 Å². The molecule has 8 heteroatoms. The Kier molecular flexibility index (Phi) is 5.81. The van der Waals surface area contributed by atoms with E-state index in [0.29, 0.717) is 16.8 Å². The lowest BCUT2D eigenvalue weighted by atomic mass is 10.0. The third-order valence-corrected chi connectivity index (χ3v) is 4.19. The summed E-state index contributed by atoms with van der Waals surface area (Å²) in [5, 5.41) is 3.50. The first-order chi connectivity index (χ1) is 13.7. The maximum absolute atomic E-state index is 12.9. The van der Waals surface area contributed by atoms with Gasteiger partial charge in [0.05, 0.1) is 11.2 Å². The number of benzene rings is 2. The predicted octanol–water partition coefficient (Wildman–Crippen LogP) is 4.91. The second-order valence-corrected chi connectivity index (χ2v) is 6.40. The fourth-order valence-electron chi connectivity index (χ4n) is 2.89. The average Bonchev–Trinajstić information content (AvgIpc) is 2.66. The molecule has 3 aromatic rings. The van der Waals surface area contributed by atoms with Crippen molar-refractivity contribution >= 4 is 28.3 Å². The highest BCUT2D eigenvalue weighted by Crippen LogP contribution is 2.27. The molecule has 0 fully saturated rings. The summed E-state index contributed by atoms with van der Waals surface area (Å²) in [7, 11) is 0. The van der Waals surface area contributed by atoms with Gasteiger partial charge in [0.15, 0.2) is 0 Å². The molecule has 29 heavy (non-hydrogen) atoms. The van der Waals surface area contributed by atoms with E-state index >= 15 is 0 Å². The van der Waals surface area contributed by atoms with Crippen molar-refractivity contribution in [3.63, 3.8) is 0 Å². The molecule has 1 amide bonds. The highest BCUT2D eigenvalue weighted by Gasteiger charge is 2.31. The van der Waals surface area contributed by atoms with E-state index in [1.165, 1.54) is 13.0 Å². The lowest BCUT2D eigenvalue weighted by Crippen LogP contribution is -2.19. The molecule has 5 nitrogen and oxygen atoms in total. The number of carbonyl (C=O) groups excluding carboxylic acids is 2. The molecular weight excluding hydrogens is 385 g/mol. The van der Waals surface area contributed by atoms with Gasteiger partial charge in [0.25, 0.3) is 5.91 Å². The Morgan fingerprint density at radius 1 is 1.10 bits per heavy atom. The third kappa shape index (κ3) is 5.31. The lowest BCUT2D eigenvalue weighted by Gasteiger charge is -2.14. The van der Waals surface area contributed by atoms with Crippen molar-refractivity contribution in [2.75, 3.05) is 5.32 Å². The number of hydrogen-bond donors (Lipinski definition) is 1. The van der Waals surface area contributed by atoms with Gasteiger partial charge in [-0.1, -0.05) is 24.3 Å². The molecule has 1 aromatic heterocycles. The molecule has 0 bridgehead atoms. The van der Waals surface area contributed by atoms with Crippen molar-refractivity contribution in [1.82, 2.24) is 4.98 Å². The van der Waals surface area contributed by atoms with Gasteiger partial charge in [-0.2, -0.15) is 0 Å². The van der Waals surface area contributed by atoms with E-state index in [0.717, 1.165) is 17.5 Å². The van der Waals surface area contributed by atoms with Crippen LogP contribution in [-0.4, -0.2) is 23.0 Å². The van der Waals surface area contributed by atoms with E-state index in [4.69, 9.17) is 0 Å². The zero-order valence-corrected chi connectivity index (χ0v) is 15.4.